The van der Waals surface area contributed by atoms with Gasteiger partial charge in [-0.2, -0.15) is 0 Å². The van der Waals surface area contributed by atoms with E-state index in [0.29, 0.717) is 12.0 Å². The number of aliphatic carboxylic acids is 1. The summed E-state index contributed by atoms with van der Waals surface area (Å²) in [4.78, 5) is 22.5. The molecule has 1 aliphatic carbocycles. The Balaban J connectivity index is 1.91. The van der Waals surface area contributed by atoms with Crippen LogP contribution in [0.15, 0.2) is 24.3 Å². The van der Waals surface area contributed by atoms with Crippen molar-refractivity contribution in [3.63, 3.8) is 0 Å². The molecule has 0 heterocycles. The third-order valence-electron chi connectivity index (χ3n) is 3.42. The van der Waals surface area contributed by atoms with Crippen molar-refractivity contribution in [2.24, 2.45) is 11.8 Å². The quantitative estimate of drug-likeness (QED) is 0.875. The summed E-state index contributed by atoms with van der Waals surface area (Å²) < 4.78 is 39.9. The number of nitrogens with one attached hydrogen (secondary N) is 1. The summed E-state index contributed by atoms with van der Waals surface area (Å²) in [5, 5.41) is 11.4. The highest BCUT2D eigenvalue weighted by Crippen LogP contribution is 2.39. The van der Waals surface area contributed by atoms with E-state index in [0.717, 1.165) is 12.1 Å². The topological polar surface area (TPSA) is 75.6 Å². The second-order valence-electron chi connectivity index (χ2n) is 5.13. The van der Waals surface area contributed by atoms with E-state index in [4.69, 9.17) is 5.11 Å². The Labute approximate surface area is 124 Å². The molecule has 3 atom stereocenters. The summed E-state index contributed by atoms with van der Waals surface area (Å²) in [6, 6.07) is 4.69. The molecular formula is C14H14F3NO4. The number of carboxylic acids is 1. The van der Waals surface area contributed by atoms with Crippen LogP contribution >= 0.6 is 0 Å². The number of benzene rings is 1. The summed E-state index contributed by atoms with van der Waals surface area (Å²) >= 11 is 0. The van der Waals surface area contributed by atoms with Crippen molar-refractivity contribution in [2.45, 2.75) is 25.7 Å². The number of hydrogen-bond donors (Lipinski definition) is 2. The van der Waals surface area contributed by atoms with Crippen LogP contribution in [-0.2, 0) is 9.59 Å². The highest BCUT2D eigenvalue weighted by molar-refractivity contribution is 5.89. The van der Waals surface area contributed by atoms with Crippen LogP contribution in [0.2, 0.25) is 0 Å². The van der Waals surface area contributed by atoms with E-state index in [2.05, 4.69) is 10.1 Å². The summed E-state index contributed by atoms with van der Waals surface area (Å²) in [5.74, 6) is -2.89. The van der Waals surface area contributed by atoms with Gasteiger partial charge in [0.15, 0.2) is 0 Å². The van der Waals surface area contributed by atoms with Crippen molar-refractivity contribution in [3.8, 4) is 5.75 Å². The molecule has 2 N–H and O–H groups in total. The van der Waals surface area contributed by atoms with Gasteiger partial charge in [0.05, 0.1) is 17.9 Å². The maximum Gasteiger partial charge on any atom is 0.573 e. The van der Waals surface area contributed by atoms with Crippen LogP contribution in [0.25, 0.3) is 0 Å². The maximum atomic E-state index is 12.0. The van der Waals surface area contributed by atoms with Gasteiger partial charge >= 0.3 is 12.3 Å². The van der Waals surface area contributed by atoms with Gasteiger partial charge in [0, 0.05) is 0 Å². The number of rotatable bonds is 5. The second kappa shape index (κ2) is 5.86. The molecule has 0 aromatic heterocycles. The number of carboxylic acid groups (broad SMARTS) is 1. The molecule has 5 nitrogen and oxygen atoms in total. The fraction of sp³-hybridized carbons (Fsp3) is 0.429. The minimum atomic E-state index is -4.75. The van der Waals surface area contributed by atoms with Crippen LogP contribution in [-0.4, -0.2) is 23.3 Å². The first-order valence-corrected chi connectivity index (χ1v) is 6.56. The molecule has 0 bridgehead atoms. The lowest BCUT2D eigenvalue weighted by molar-refractivity contribution is -0.274. The summed E-state index contributed by atoms with van der Waals surface area (Å²) in [6.07, 6.45) is -4.44. The minimum absolute atomic E-state index is 0.312. The average Bonchev–Trinajstić information content (AvgIpc) is 3.17. The highest BCUT2D eigenvalue weighted by Gasteiger charge is 2.48. The van der Waals surface area contributed by atoms with Gasteiger partial charge in [0.1, 0.15) is 5.75 Å². The number of carbonyl (C=O) groups is 2. The van der Waals surface area contributed by atoms with Gasteiger partial charge in [-0.25, -0.2) is 0 Å². The molecule has 1 saturated carbocycles. The zero-order valence-corrected chi connectivity index (χ0v) is 11.6. The lowest BCUT2D eigenvalue weighted by Gasteiger charge is -2.15. The molecule has 0 aliphatic heterocycles. The fourth-order valence-corrected chi connectivity index (χ4v) is 2.12. The standard InChI is InChI=1S/C14H14F3NO4/c1-7(18-12(19)10-6-11(10)13(20)21)8-2-4-9(5-3-8)22-14(15,16)17/h2-5,7,10-11H,6H2,1H3,(H,18,19)(H,20,21)/t7-,10-,11+/m0/s1. The number of halogens is 3. The van der Waals surface area contributed by atoms with Crippen LogP contribution in [0.5, 0.6) is 5.75 Å². The zero-order valence-electron chi connectivity index (χ0n) is 11.6. The van der Waals surface area contributed by atoms with Crippen LogP contribution in [0, 0.1) is 11.8 Å². The van der Waals surface area contributed by atoms with Crippen molar-refractivity contribution in [1.82, 2.24) is 5.32 Å². The molecule has 0 spiro atoms. The predicted octanol–water partition coefficient (Wildman–Crippen LogP) is 2.48. The van der Waals surface area contributed by atoms with E-state index in [1.54, 1.807) is 6.92 Å². The van der Waals surface area contributed by atoms with E-state index in [-0.39, 0.29) is 11.7 Å². The molecule has 22 heavy (non-hydrogen) atoms. The molecule has 120 valence electrons. The van der Waals surface area contributed by atoms with Gasteiger partial charge in [0.2, 0.25) is 5.91 Å². The van der Waals surface area contributed by atoms with Crippen LogP contribution < -0.4 is 10.1 Å². The van der Waals surface area contributed by atoms with Gasteiger partial charge < -0.3 is 15.2 Å². The zero-order chi connectivity index (χ0) is 16.5. The molecule has 1 aliphatic rings. The first-order chi connectivity index (χ1) is 10.2. The van der Waals surface area contributed by atoms with Crippen LogP contribution in [0.3, 0.4) is 0 Å². The number of amides is 1. The molecule has 1 amide bonds. The molecule has 1 fully saturated rings. The summed E-state index contributed by atoms with van der Waals surface area (Å²) in [7, 11) is 0. The second-order valence-corrected chi connectivity index (χ2v) is 5.13. The molecule has 8 heteroatoms. The third-order valence-corrected chi connectivity index (χ3v) is 3.42. The molecule has 0 saturated heterocycles. The monoisotopic (exact) mass is 317 g/mol. The highest BCUT2D eigenvalue weighted by atomic mass is 19.4. The van der Waals surface area contributed by atoms with Crippen molar-refractivity contribution < 1.29 is 32.6 Å². The Kier molecular flexibility index (Phi) is 4.30. The van der Waals surface area contributed by atoms with E-state index in [1.165, 1.54) is 12.1 Å². The molecule has 0 radical (unpaired) electrons. The summed E-state index contributed by atoms with van der Waals surface area (Å²) in [5.41, 5.74) is 0.593. The Morgan fingerprint density at radius 2 is 1.86 bits per heavy atom. The van der Waals surface area contributed by atoms with Gasteiger partial charge in [0.25, 0.3) is 0 Å². The normalized spacial score (nSPS) is 21.8. The lowest BCUT2D eigenvalue weighted by Crippen LogP contribution is -2.29. The number of ether oxygens (including phenoxy) is 1. The minimum Gasteiger partial charge on any atom is -0.481 e. The Morgan fingerprint density at radius 1 is 1.27 bits per heavy atom. The van der Waals surface area contributed by atoms with Gasteiger partial charge in [-0.15, -0.1) is 13.2 Å². The number of carbonyl (C=O) groups excluding carboxylic acids is 1. The van der Waals surface area contributed by atoms with Crippen molar-refractivity contribution in [1.29, 1.82) is 0 Å². The van der Waals surface area contributed by atoms with Crippen LogP contribution in [0.1, 0.15) is 24.9 Å². The molecule has 1 aromatic carbocycles. The first-order valence-electron chi connectivity index (χ1n) is 6.56. The maximum absolute atomic E-state index is 12.0. The molecular weight excluding hydrogens is 303 g/mol. The third kappa shape index (κ3) is 4.12. The Bertz CT molecular complexity index is 570. The predicted molar refractivity (Wildman–Crippen MR) is 68.9 cm³/mol. The van der Waals surface area contributed by atoms with Gasteiger partial charge in [-0.05, 0) is 31.0 Å². The van der Waals surface area contributed by atoms with Crippen LogP contribution in [0.4, 0.5) is 13.2 Å². The summed E-state index contributed by atoms with van der Waals surface area (Å²) in [6.45, 7) is 1.66. The van der Waals surface area contributed by atoms with E-state index in [9.17, 15) is 22.8 Å². The van der Waals surface area contributed by atoms with Crippen molar-refractivity contribution in [3.05, 3.63) is 29.8 Å². The SMILES string of the molecule is C[C@H](NC(=O)[C@H]1C[C@H]1C(=O)O)c1ccc(OC(F)(F)F)cc1. The van der Waals surface area contributed by atoms with E-state index in [1.807, 2.05) is 0 Å². The Morgan fingerprint density at radius 3 is 2.32 bits per heavy atom. The molecule has 2 rings (SSSR count). The largest absolute Gasteiger partial charge is 0.573 e. The van der Waals surface area contributed by atoms with E-state index >= 15 is 0 Å². The van der Waals surface area contributed by atoms with Crippen molar-refractivity contribution in [2.75, 3.05) is 0 Å². The van der Waals surface area contributed by atoms with E-state index < -0.39 is 30.2 Å². The number of hydrogen-bond acceptors (Lipinski definition) is 3. The number of alkyl halides is 3. The molecule has 1 aromatic rings. The fourth-order valence-electron chi connectivity index (χ4n) is 2.12. The Hall–Kier alpha value is -2.25. The molecule has 0 unspecified atom stereocenters. The van der Waals surface area contributed by atoms with Gasteiger partial charge in [-0.1, -0.05) is 12.1 Å². The smallest absolute Gasteiger partial charge is 0.481 e. The first kappa shape index (κ1) is 16.1. The van der Waals surface area contributed by atoms with Crippen molar-refractivity contribution >= 4 is 11.9 Å². The lowest BCUT2D eigenvalue weighted by atomic mass is 10.1. The van der Waals surface area contributed by atoms with Gasteiger partial charge in [-0.3, -0.25) is 9.59 Å². The average molecular weight is 317 g/mol.